The van der Waals surface area contributed by atoms with Crippen molar-refractivity contribution in [2.75, 3.05) is 0 Å². The van der Waals surface area contributed by atoms with Gasteiger partial charge < -0.3 is 0 Å². The van der Waals surface area contributed by atoms with Gasteiger partial charge in [0.25, 0.3) is 21.8 Å². The first-order valence-corrected chi connectivity index (χ1v) is 7.91. The number of carbonyl (C=O) groups is 2. The molecular weight excluding hydrogens is 302 g/mol. The normalized spacial score (nSPS) is 16.0. The summed E-state index contributed by atoms with van der Waals surface area (Å²) in [6.45, 7) is 0. The SMILES string of the molecule is O=C(C=Cc1ccccc1)N1C(=O)c2ccccc2S1(=O)=O. The zero-order chi connectivity index (χ0) is 15.7. The lowest BCUT2D eigenvalue weighted by Gasteiger charge is -2.10. The van der Waals surface area contributed by atoms with Crippen LogP contribution in [0.3, 0.4) is 0 Å². The molecule has 110 valence electrons. The third-order valence-electron chi connectivity index (χ3n) is 3.24. The average Bonchev–Trinajstić information content (AvgIpc) is 2.73. The molecule has 5 nitrogen and oxygen atoms in total. The second kappa shape index (κ2) is 5.23. The Kier molecular flexibility index (Phi) is 3.38. The summed E-state index contributed by atoms with van der Waals surface area (Å²) in [5.41, 5.74) is 0.751. The van der Waals surface area contributed by atoms with E-state index in [1.54, 1.807) is 30.3 Å². The number of benzene rings is 2. The van der Waals surface area contributed by atoms with Crippen molar-refractivity contribution in [3.63, 3.8) is 0 Å². The summed E-state index contributed by atoms with van der Waals surface area (Å²) < 4.78 is 24.9. The number of nitrogens with zero attached hydrogens (tertiary/aromatic N) is 1. The highest BCUT2D eigenvalue weighted by molar-refractivity contribution is 7.90. The average molecular weight is 313 g/mol. The Morgan fingerprint density at radius 1 is 0.955 bits per heavy atom. The number of fused-ring (bicyclic) bond motifs is 1. The summed E-state index contributed by atoms with van der Waals surface area (Å²) in [5, 5.41) is 0. The van der Waals surface area contributed by atoms with E-state index in [-0.39, 0.29) is 10.5 Å². The molecule has 22 heavy (non-hydrogen) atoms. The van der Waals surface area contributed by atoms with Crippen molar-refractivity contribution in [3.05, 3.63) is 71.8 Å². The lowest BCUT2D eigenvalue weighted by atomic mass is 10.2. The first-order valence-electron chi connectivity index (χ1n) is 6.47. The third kappa shape index (κ3) is 2.23. The van der Waals surface area contributed by atoms with Gasteiger partial charge in [-0.15, -0.1) is 0 Å². The van der Waals surface area contributed by atoms with Crippen LogP contribution in [-0.4, -0.2) is 24.5 Å². The van der Waals surface area contributed by atoms with Crippen LogP contribution in [0.2, 0.25) is 0 Å². The highest BCUT2D eigenvalue weighted by Crippen LogP contribution is 2.30. The Labute approximate surface area is 127 Å². The molecule has 0 aromatic heterocycles. The molecule has 0 aliphatic carbocycles. The first kappa shape index (κ1) is 14.2. The molecule has 2 aromatic rings. The summed E-state index contributed by atoms with van der Waals surface area (Å²) in [6.07, 6.45) is 2.55. The van der Waals surface area contributed by atoms with E-state index in [2.05, 4.69) is 0 Å². The molecular formula is C16H11NO4S. The number of carbonyl (C=O) groups excluding carboxylic acids is 2. The van der Waals surface area contributed by atoms with E-state index in [1.807, 2.05) is 6.07 Å². The van der Waals surface area contributed by atoms with Gasteiger partial charge in [0, 0.05) is 6.08 Å². The van der Waals surface area contributed by atoms with E-state index in [0.29, 0.717) is 4.31 Å². The third-order valence-corrected chi connectivity index (χ3v) is 4.98. The summed E-state index contributed by atoms with van der Waals surface area (Å²) >= 11 is 0. The van der Waals surface area contributed by atoms with Crippen LogP contribution in [0, 0.1) is 0 Å². The molecule has 3 rings (SSSR count). The first-order chi connectivity index (χ1) is 10.5. The Morgan fingerprint density at radius 3 is 2.27 bits per heavy atom. The fourth-order valence-electron chi connectivity index (χ4n) is 2.20. The molecule has 1 heterocycles. The quantitative estimate of drug-likeness (QED) is 0.796. The molecule has 0 saturated heterocycles. The molecule has 0 saturated carbocycles. The van der Waals surface area contributed by atoms with Gasteiger partial charge in [-0.2, -0.15) is 4.31 Å². The Balaban J connectivity index is 1.95. The predicted molar refractivity (Wildman–Crippen MR) is 80.3 cm³/mol. The van der Waals surface area contributed by atoms with Crippen molar-refractivity contribution in [2.24, 2.45) is 0 Å². The molecule has 2 amide bonds. The number of sulfonamides is 1. The minimum atomic E-state index is -4.12. The molecule has 1 aliphatic rings. The molecule has 0 spiro atoms. The lowest BCUT2D eigenvalue weighted by molar-refractivity contribution is -0.119. The van der Waals surface area contributed by atoms with Gasteiger partial charge in [-0.25, -0.2) is 8.42 Å². The predicted octanol–water partition coefficient (Wildman–Crippen LogP) is 2.07. The van der Waals surface area contributed by atoms with E-state index < -0.39 is 21.8 Å². The maximum atomic E-state index is 12.3. The molecule has 0 unspecified atom stereocenters. The van der Waals surface area contributed by atoms with Gasteiger partial charge in [0.15, 0.2) is 0 Å². The van der Waals surface area contributed by atoms with Crippen LogP contribution in [-0.2, 0) is 14.8 Å². The van der Waals surface area contributed by atoms with Gasteiger partial charge in [-0.1, -0.05) is 42.5 Å². The number of imide groups is 1. The van der Waals surface area contributed by atoms with E-state index in [9.17, 15) is 18.0 Å². The van der Waals surface area contributed by atoms with Gasteiger partial charge in [0.2, 0.25) is 0 Å². The highest BCUT2D eigenvalue weighted by atomic mass is 32.2. The molecule has 0 atom stereocenters. The van der Waals surface area contributed by atoms with Crippen molar-refractivity contribution in [1.82, 2.24) is 4.31 Å². The fourth-order valence-corrected chi connectivity index (χ4v) is 3.70. The second-order valence-electron chi connectivity index (χ2n) is 4.65. The van der Waals surface area contributed by atoms with Gasteiger partial charge in [0.05, 0.1) is 5.56 Å². The largest absolute Gasteiger partial charge is 0.276 e. The standard InChI is InChI=1S/C16H11NO4S/c18-15(11-10-12-6-2-1-3-7-12)17-16(19)13-8-4-5-9-14(13)22(17,20)21/h1-11H. The Morgan fingerprint density at radius 2 is 1.59 bits per heavy atom. The van der Waals surface area contributed by atoms with Crippen LogP contribution in [0.25, 0.3) is 6.08 Å². The smallest absolute Gasteiger partial charge is 0.268 e. The van der Waals surface area contributed by atoms with E-state index in [4.69, 9.17) is 0 Å². The van der Waals surface area contributed by atoms with Gasteiger partial charge in [-0.3, -0.25) is 9.59 Å². The fraction of sp³-hybridized carbons (Fsp3) is 0. The molecule has 2 aromatic carbocycles. The number of rotatable bonds is 2. The van der Waals surface area contributed by atoms with E-state index in [1.165, 1.54) is 24.3 Å². The van der Waals surface area contributed by atoms with Crippen LogP contribution in [0.5, 0.6) is 0 Å². The maximum Gasteiger partial charge on any atom is 0.276 e. The zero-order valence-corrected chi connectivity index (χ0v) is 12.2. The monoisotopic (exact) mass is 313 g/mol. The van der Waals surface area contributed by atoms with Crippen molar-refractivity contribution < 1.29 is 18.0 Å². The summed E-state index contributed by atoms with van der Waals surface area (Å²) in [6, 6.07) is 14.7. The Bertz CT molecular complexity index is 885. The minimum Gasteiger partial charge on any atom is -0.268 e. The van der Waals surface area contributed by atoms with Crippen LogP contribution < -0.4 is 0 Å². The van der Waals surface area contributed by atoms with E-state index in [0.717, 1.165) is 11.6 Å². The number of hydrogen-bond acceptors (Lipinski definition) is 4. The van der Waals surface area contributed by atoms with Gasteiger partial charge >= 0.3 is 0 Å². The molecule has 0 fully saturated rings. The molecule has 6 heteroatoms. The maximum absolute atomic E-state index is 12.3. The van der Waals surface area contributed by atoms with Gasteiger partial charge in [-0.05, 0) is 23.8 Å². The molecule has 0 radical (unpaired) electrons. The van der Waals surface area contributed by atoms with Crippen molar-refractivity contribution in [1.29, 1.82) is 0 Å². The van der Waals surface area contributed by atoms with Crippen LogP contribution >= 0.6 is 0 Å². The lowest BCUT2D eigenvalue weighted by Crippen LogP contribution is -2.34. The zero-order valence-electron chi connectivity index (χ0n) is 11.3. The van der Waals surface area contributed by atoms with Crippen LogP contribution in [0.4, 0.5) is 0 Å². The molecule has 1 aliphatic heterocycles. The second-order valence-corrected chi connectivity index (χ2v) is 6.41. The Hall–Kier alpha value is -2.73. The van der Waals surface area contributed by atoms with Gasteiger partial charge in [0.1, 0.15) is 4.90 Å². The number of amides is 2. The molecule has 0 bridgehead atoms. The van der Waals surface area contributed by atoms with Crippen molar-refractivity contribution >= 4 is 27.9 Å². The summed E-state index contributed by atoms with van der Waals surface area (Å²) in [4.78, 5) is 24.2. The van der Waals surface area contributed by atoms with Crippen LogP contribution in [0.15, 0.2) is 65.6 Å². The van der Waals surface area contributed by atoms with E-state index >= 15 is 0 Å². The topological polar surface area (TPSA) is 71.5 Å². The minimum absolute atomic E-state index is 0.0176. The number of hydrogen-bond donors (Lipinski definition) is 0. The van der Waals surface area contributed by atoms with Crippen LogP contribution in [0.1, 0.15) is 15.9 Å². The molecule has 0 N–H and O–H groups in total. The van der Waals surface area contributed by atoms with Crippen molar-refractivity contribution in [2.45, 2.75) is 4.90 Å². The highest BCUT2D eigenvalue weighted by Gasteiger charge is 2.44. The summed E-state index contributed by atoms with van der Waals surface area (Å²) in [5.74, 6) is -1.71. The summed E-state index contributed by atoms with van der Waals surface area (Å²) in [7, 11) is -4.12. The van der Waals surface area contributed by atoms with Crippen molar-refractivity contribution in [3.8, 4) is 0 Å².